The summed E-state index contributed by atoms with van der Waals surface area (Å²) in [6, 6.07) is 2.89. The Labute approximate surface area is 185 Å². The lowest BCUT2D eigenvalue weighted by molar-refractivity contribution is -0.118. The van der Waals surface area contributed by atoms with Crippen molar-refractivity contribution in [3.63, 3.8) is 0 Å². The maximum Gasteiger partial charge on any atom is 0.294 e. The second-order valence-electron chi connectivity index (χ2n) is 8.24. The maximum atomic E-state index is 13.5. The van der Waals surface area contributed by atoms with Crippen LogP contribution in [0.3, 0.4) is 0 Å². The molecule has 2 amide bonds. The van der Waals surface area contributed by atoms with E-state index in [1.807, 2.05) is 0 Å². The van der Waals surface area contributed by atoms with Crippen molar-refractivity contribution in [3.05, 3.63) is 46.8 Å². The summed E-state index contributed by atoms with van der Waals surface area (Å²) < 4.78 is 33.4. The van der Waals surface area contributed by atoms with Crippen molar-refractivity contribution in [1.29, 1.82) is 0 Å². The van der Waals surface area contributed by atoms with Gasteiger partial charge in [-0.25, -0.2) is 8.78 Å². The van der Waals surface area contributed by atoms with Crippen LogP contribution in [-0.2, 0) is 11.8 Å². The predicted octanol–water partition coefficient (Wildman–Crippen LogP) is 3.75. The molecule has 7 nitrogen and oxygen atoms in total. The summed E-state index contributed by atoms with van der Waals surface area (Å²) in [5, 5.41) is 5.26. The van der Waals surface area contributed by atoms with E-state index in [2.05, 4.69) is 17.6 Å². The van der Waals surface area contributed by atoms with E-state index in [1.165, 1.54) is 17.7 Å². The van der Waals surface area contributed by atoms with Crippen LogP contribution in [0.25, 0.3) is 0 Å². The van der Waals surface area contributed by atoms with Crippen molar-refractivity contribution in [2.45, 2.75) is 45.6 Å². The Morgan fingerprint density at radius 3 is 2.34 bits per heavy atom. The number of anilines is 1. The van der Waals surface area contributed by atoms with Crippen LogP contribution >= 0.6 is 0 Å². The van der Waals surface area contributed by atoms with Crippen LogP contribution in [0.15, 0.2) is 18.2 Å². The van der Waals surface area contributed by atoms with Gasteiger partial charge < -0.3 is 19.9 Å². The number of amides is 2. The number of hydrogen-bond acceptors (Lipinski definition) is 4. The minimum absolute atomic E-state index is 0.0300. The van der Waals surface area contributed by atoms with E-state index in [4.69, 9.17) is 4.74 Å². The molecule has 1 aromatic heterocycles. The number of nitrogens with zero attached hydrogens (tertiary/aromatic N) is 1. The SMILES string of the molecule is COc1c(C(=O)Nc2ccc(F)c(F)c2)c(C)n(C)c1C(=O)C(=O)NC1CCC(C)CC1. The van der Waals surface area contributed by atoms with Crippen LogP contribution < -0.4 is 15.4 Å². The number of ether oxygens (including phenoxy) is 1. The number of carbonyl (C=O) groups excluding carboxylic acids is 3. The Kier molecular flexibility index (Phi) is 6.96. The Morgan fingerprint density at radius 2 is 1.75 bits per heavy atom. The molecule has 1 aliphatic rings. The van der Waals surface area contributed by atoms with Gasteiger partial charge in [0.15, 0.2) is 17.4 Å². The second-order valence-corrected chi connectivity index (χ2v) is 8.24. The fourth-order valence-corrected chi connectivity index (χ4v) is 4.02. The first kappa shape index (κ1) is 23.4. The zero-order chi connectivity index (χ0) is 23.6. The molecule has 0 spiro atoms. The fourth-order valence-electron chi connectivity index (χ4n) is 4.02. The van der Waals surface area contributed by atoms with Gasteiger partial charge in [-0.3, -0.25) is 14.4 Å². The third-order valence-corrected chi connectivity index (χ3v) is 6.02. The van der Waals surface area contributed by atoms with Crippen LogP contribution in [-0.4, -0.2) is 35.3 Å². The van der Waals surface area contributed by atoms with Gasteiger partial charge in [-0.05, 0) is 50.7 Å². The van der Waals surface area contributed by atoms with Gasteiger partial charge in [0.05, 0.1) is 7.11 Å². The number of nitrogens with one attached hydrogen (secondary N) is 2. The molecular formula is C23H27F2N3O4. The largest absolute Gasteiger partial charge is 0.493 e. The number of Topliss-reactive ketones (excluding diaryl/α,β-unsaturated/α-hetero) is 1. The molecule has 1 heterocycles. The molecule has 0 saturated heterocycles. The van der Waals surface area contributed by atoms with Gasteiger partial charge in [0.2, 0.25) is 0 Å². The molecular weight excluding hydrogens is 420 g/mol. The summed E-state index contributed by atoms with van der Waals surface area (Å²) in [5.41, 5.74) is 0.394. The van der Waals surface area contributed by atoms with Gasteiger partial charge in [-0.15, -0.1) is 0 Å². The summed E-state index contributed by atoms with van der Waals surface area (Å²) in [6.07, 6.45) is 3.59. The zero-order valence-electron chi connectivity index (χ0n) is 18.6. The monoisotopic (exact) mass is 447 g/mol. The Balaban J connectivity index is 1.85. The third kappa shape index (κ3) is 4.66. The van der Waals surface area contributed by atoms with E-state index in [-0.39, 0.29) is 28.7 Å². The molecule has 0 radical (unpaired) electrons. The Morgan fingerprint density at radius 1 is 1.09 bits per heavy atom. The van der Waals surface area contributed by atoms with Crippen molar-refractivity contribution in [2.24, 2.45) is 13.0 Å². The highest BCUT2D eigenvalue weighted by Crippen LogP contribution is 2.31. The van der Waals surface area contributed by atoms with Gasteiger partial charge in [0.25, 0.3) is 17.6 Å². The molecule has 0 bridgehead atoms. The van der Waals surface area contributed by atoms with Crippen LogP contribution in [0.1, 0.15) is 59.1 Å². The highest BCUT2D eigenvalue weighted by molar-refractivity contribution is 6.43. The minimum Gasteiger partial charge on any atom is -0.493 e. The molecule has 1 aliphatic carbocycles. The molecule has 3 rings (SSSR count). The quantitative estimate of drug-likeness (QED) is 0.521. The lowest BCUT2D eigenvalue weighted by atomic mass is 9.87. The Bertz CT molecular complexity index is 1060. The predicted molar refractivity (Wildman–Crippen MR) is 115 cm³/mol. The van der Waals surface area contributed by atoms with Gasteiger partial charge >= 0.3 is 0 Å². The molecule has 32 heavy (non-hydrogen) atoms. The molecule has 2 N–H and O–H groups in total. The van der Waals surface area contributed by atoms with Gasteiger partial charge in [-0.2, -0.15) is 0 Å². The molecule has 0 atom stereocenters. The number of aromatic nitrogens is 1. The smallest absolute Gasteiger partial charge is 0.294 e. The summed E-state index contributed by atoms with van der Waals surface area (Å²) in [5.74, 6) is -3.84. The first-order valence-electron chi connectivity index (χ1n) is 10.5. The Hall–Kier alpha value is -3.23. The van der Waals surface area contributed by atoms with Gasteiger partial charge in [-0.1, -0.05) is 6.92 Å². The number of rotatable bonds is 6. The number of carbonyl (C=O) groups is 3. The highest BCUT2D eigenvalue weighted by Gasteiger charge is 2.33. The number of ketones is 1. The highest BCUT2D eigenvalue weighted by atomic mass is 19.2. The summed E-state index contributed by atoms with van der Waals surface area (Å²) in [4.78, 5) is 38.5. The second kappa shape index (κ2) is 9.50. The normalized spacial score (nSPS) is 18.2. The topological polar surface area (TPSA) is 89.4 Å². The first-order chi connectivity index (χ1) is 15.1. The number of benzene rings is 1. The number of halogens is 2. The average molecular weight is 447 g/mol. The summed E-state index contributed by atoms with van der Waals surface area (Å²) in [7, 11) is 2.84. The van der Waals surface area contributed by atoms with E-state index in [1.54, 1.807) is 14.0 Å². The average Bonchev–Trinajstić information content (AvgIpc) is 3.01. The van der Waals surface area contributed by atoms with Gasteiger partial charge in [0.1, 0.15) is 11.3 Å². The molecule has 1 saturated carbocycles. The summed E-state index contributed by atoms with van der Waals surface area (Å²) in [6.45, 7) is 3.76. The molecule has 1 aromatic carbocycles. The van der Waals surface area contributed by atoms with Crippen LogP contribution in [0.5, 0.6) is 5.75 Å². The van der Waals surface area contributed by atoms with Crippen molar-refractivity contribution in [1.82, 2.24) is 9.88 Å². The van der Waals surface area contributed by atoms with Crippen molar-refractivity contribution >= 4 is 23.3 Å². The van der Waals surface area contributed by atoms with E-state index >= 15 is 0 Å². The van der Waals surface area contributed by atoms with E-state index in [9.17, 15) is 23.2 Å². The minimum atomic E-state index is -1.11. The first-order valence-corrected chi connectivity index (χ1v) is 10.5. The standard InChI is InChI=1S/C23H27F2N3O4/c1-12-5-7-14(8-6-12)26-23(31)20(29)19-21(32-4)18(13(2)28(19)3)22(30)27-15-9-10-16(24)17(25)11-15/h9-12,14H,5-8H2,1-4H3,(H,26,31)(H,27,30). The van der Waals surface area contributed by atoms with Crippen molar-refractivity contribution in [2.75, 3.05) is 12.4 Å². The maximum absolute atomic E-state index is 13.5. The number of hydrogen-bond donors (Lipinski definition) is 2. The molecule has 1 fully saturated rings. The van der Waals surface area contributed by atoms with Crippen molar-refractivity contribution < 1.29 is 27.9 Å². The van der Waals surface area contributed by atoms with Gasteiger partial charge in [0, 0.05) is 30.5 Å². The fraction of sp³-hybridized carbons (Fsp3) is 0.435. The van der Waals surface area contributed by atoms with E-state index in [0.29, 0.717) is 11.6 Å². The lowest BCUT2D eigenvalue weighted by Gasteiger charge is -2.26. The lowest BCUT2D eigenvalue weighted by Crippen LogP contribution is -2.41. The third-order valence-electron chi connectivity index (χ3n) is 6.02. The van der Waals surface area contributed by atoms with Crippen LogP contribution in [0, 0.1) is 24.5 Å². The molecule has 0 aliphatic heterocycles. The van der Waals surface area contributed by atoms with Crippen LogP contribution in [0.2, 0.25) is 0 Å². The molecule has 2 aromatic rings. The zero-order valence-corrected chi connectivity index (χ0v) is 18.6. The molecule has 9 heteroatoms. The molecule has 172 valence electrons. The van der Waals surface area contributed by atoms with Crippen LogP contribution in [0.4, 0.5) is 14.5 Å². The molecule has 0 unspecified atom stereocenters. The number of methoxy groups -OCH3 is 1. The van der Waals surface area contributed by atoms with E-state index < -0.39 is 29.2 Å². The van der Waals surface area contributed by atoms with E-state index in [0.717, 1.165) is 37.8 Å². The van der Waals surface area contributed by atoms with Crippen molar-refractivity contribution in [3.8, 4) is 5.75 Å². The summed E-state index contributed by atoms with van der Waals surface area (Å²) >= 11 is 0.